The Labute approximate surface area is 214 Å². The average Bonchev–Trinajstić information content (AvgIpc) is 2.94. The summed E-state index contributed by atoms with van der Waals surface area (Å²) in [5.74, 6) is 1.51. The number of rotatable bonds is 6. The first kappa shape index (κ1) is 25.1. The third-order valence-corrected chi connectivity index (χ3v) is 8.16. The first-order chi connectivity index (χ1) is 17.6. The van der Waals surface area contributed by atoms with E-state index in [1.165, 1.54) is 5.56 Å². The van der Waals surface area contributed by atoms with E-state index in [0.717, 1.165) is 76.3 Å². The van der Waals surface area contributed by atoms with Crippen molar-refractivity contribution >= 4 is 11.7 Å². The fraction of sp³-hybridized carbons (Fsp3) is 0.607. The van der Waals surface area contributed by atoms with E-state index in [9.17, 15) is 4.79 Å². The van der Waals surface area contributed by atoms with E-state index in [1.807, 2.05) is 11.8 Å². The summed E-state index contributed by atoms with van der Waals surface area (Å²) in [7, 11) is 1.75. The number of benzene rings is 1. The molecule has 0 aliphatic carbocycles. The summed E-state index contributed by atoms with van der Waals surface area (Å²) < 4.78 is 11.1. The van der Waals surface area contributed by atoms with Crippen LogP contribution < -0.4 is 10.2 Å². The molecule has 2 aromatic rings. The van der Waals surface area contributed by atoms with E-state index in [1.54, 1.807) is 13.4 Å². The molecule has 5 rings (SSSR count). The highest BCUT2D eigenvalue weighted by atomic mass is 16.5. The highest BCUT2D eigenvalue weighted by Crippen LogP contribution is 2.31. The van der Waals surface area contributed by atoms with Crippen molar-refractivity contribution in [3.63, 3.8) is 0 Å². The number of nitrogens with zero attached hydrogens (tertiary/aromatic N) is 4. The average molecular weight is 494 g/mol. The highest BCUT2D eigenvalue weighted by molar-refractivity contribution is 5.94. The molecule has 0 saturated carbocycles. The van der Waals surface area contributed by atoms with Crippen LogP contribution in [0.2, 0.25) is 0 Å². The van der Waals surface area contributed by atoms with Crippen molar-refractivity contribution in [1.82, 2.24) is 20.2 Å². The molecule has 2 unspecified atom stereocenters. The number of piperidine rings is 2. The van der Waals surface area contributed by atoms with E-state index >= 15 is 0 Å². The summed E-state index contributed by atoms with van der Waals surface area (Å²) >= 11 is 0. The summed E-state index contributed by atoms with van der Waals surface area (Å²) in [6.45, 7) is 6.76. The standard InChI is InChI=1S/C28H39N5O3/c1-20-26(28(34)33-15-10-23(11-16-33)31-24-12-17-36-18-25(24)35-2)29-19-30-27(20)32-13-8-22(9-14-32)21-6-4-3-5-7-21/h3-7,19,22-25,31H,8-18H2,1-2H3. The van der Waals surface area contributed by atoms with Gasteiger partial charge in [-0.15, -0.1) is 0 Å². The van der Waals surface area contributed by atoms with Crippen molar-refractivity contribution < 1.29 is 14.3 Å². The Hall–Kier alpha value is -2.55. The van der Waals surface area contributed by atoms with Crippen molar-refractivity contribution in [2.75, 3.05) is 51.4 Å². The molecule has 1 aromatic carbocycles. The van der Waals surface area contributed by atoms with Gasteiger partial charge < -0.3 is 24.6 Å². The topological polar surface area (TPSA) is 79.8 Å². The lowest BCUT2D eigenvalue weighted by Gasteiger charge is -2.38. The van der Waals surface area contributed by atoms with Crippen LogP contribution in [0.15, 0.2) is 36.7 Å². The maximum atomic E-state index is 13.4. The van der Waals surface area contributed by atoms with Gasteiger partial charge in [-0.2, -0.15) is 0 Å². The minimum Gasteiger partial charge on any atom is -0.379 e. The third-order valence-electron chi connectivity index (χ3n) is 8.16. The predicted octanol–water partition coefficient (Wildman–Crippen LogP) is 3.17. The molecular formula is C28H39N5O3. The van der Waals surface area contributed by atoms with Crippen molar-refractivity contribution in [3.8, 4) is 0 Å². The van der Waals surface area contributed by atoms with Gasteiger partial charge >= 0.3 is 0 Å². The lowest BCUT2D eigenvalue weighted by molar-refractivity contribution is -0.0533. The molecule has 2 atom stereocenters. The fourth-order valence-electron chi connectivity index (χ4n) is 5.96. The number of ether oxygens (including phenoxy) is 2. The van der Waals surface area contributed by atoms with Gasteiger partial charge in [-0.05, 0) is 50.5 Å². The van der Waals surface area contributed by atoms with Crippen LogP contribution in [0, 0.1) is 6.92 Å². The van der Waals surface area contributed by atoms with Crippen molar-refractivity contribution in [2.45, 2.75) is 63.1 Å². The van der Waals surface area contributed by atoms with E-state index in [0.29, 0.717) is 30.3 Å². The van der Waals surface area contributed by atoms with Gasteiger partial charge in [0.1, 0.15) is 17.8 Å². The molecule has 1 amide bonds. The number of amides is 1. The first-order valence-electron chi connectivity index (χ1n) is 13.4. The van der Waals surface area contributed by atoms with Gasteiger partial charge in [0.05, 0.1) is 12.7 Å². The monoisotopic (exact) mass is 493 g/mol. The van der Waals surface area contributed by atoms with Gasteiger partial charge in [-0.3, -0.25) is 4.79 Å². The van der Waals surface area contributed by atoms with Crippen molar-refractivity contribution in [2.24, 2.45) is 0 Å². The van der Waals surface area contributed by atoms with E-state index in [-0.39, 0.29) is 12.0 Å². The quantitative estimate of drug-likeness (QED) is 0.662. The number of nitrogens with one attached hydrogen (secondary N) is 1. The summed E-state index contributed by atoms with van der Waals surface area (Å²) in [5.41, 5.74) is 2.85. The second-order valence-corrected chi connectivity index (χ2v) is 10.3. The molecule has 0 spiro atoms. The molecule has 8 heteroatoms. The Morgan fingerprint density at radius 1 is 1.03 bits per heavy atom. The van der Waals surface area contributed by atoms with E-state index < -0.39 is 0 Å². The highest BCUT2D eigenvalue weighted by Gasteiger charge is 2.32. The molecule has 3 fully saturated rings. The number of likely N-dealkylation sites (tertiary alicyclic amines) is 1. The SMILES string of the molecule is COC1COCCC1NC1CCN(C(=O)c2ncnc(N3CCC(c4ccccc4)CC3)c2C)CC1. The number of methoxy groups -OCH3 is 1. The van der Waals surface area contributed by atoms with E-state index in [4.69, 9.17) is 9.47 Å². The van der Waals surface area contributed by atoms with Gasteiger partial charge in [0, 0.05) is 57.5 Å². The van der Waals surface area contributed by atoms with Crippen LogP contribution in [0.25, 0.3) is 0 Å². The third kappa shape index (κ3) is 5.56. The molecule has 36 heavy (non-hydrogen) atoms. The number of carbonyl (C=O) groups excluding carboxylic acids is 1. The number of hydrogen-bond acceptors (Lipinski definition) is 7. The van der Waals surface area contributed by atoms with Crippen molar-refractivity contribution in [1.29, 1.82) is 0 Å². The number of carbonyl (C=O) groups is 1. The van der Waals surface area contributed by atoms with Crippen LogP contribution in [0.1, 0.15) is 59.6 Å². The molecule has 194 valence electrons. The van der Waals surface area contributed by atoms with Gasteiger partial charge in [-0.25, -0.2) is 9.97 Å². The molecule has 0 radical (unpaired) electrons. The summed E-state index contributed by atoms with van der Waals surface area (Å²) in [6.07, 6.45) is 6.67. The van der Waals surface area contributed by atoms with Crippen LogP contribution >= 0.6 is 0 Å². The molecule has 1 aromatic heterocycles. The Kier molecular flexibility index (Phi) is 8.14. The zero-order chi connectivity index (χ0) is 24.9. The summed E-state index contributed by atoms with van der Waals surface area (Å²) in [5, 5.41) is 3.76. The molecule has 3 saturated heterocycles. The molecule has 8 nitrogen and oxygen atoms in total. The summed E-state index contributed by atoms with van der Waals surface area (Å²) in [4.78, 5) is 26.7. The first-order valence-corrected chi connectivity index (χ1v) is 13.4. The van der Waals surface area contributed by atoms with Crippen LogP contribution in [0.5, 0.6) is 0 Å². The molecule has 4 heterocycles. The normalized spacial score (nSPS) is 24.2. The lowest BCUT2D eigenvalue weighted by atomic mass is 9.89. The van der Waals surface area contributed by atoms with Crippen LogP contribution in [-0.2, 0) is 9.47 Å². The molecule has 3 aliphatic rings. The minimum absolute atomic E-state index is 0.0228. The fourth-order valence-corrected chi connectivity index (χ4v) is 5.96. The van der Waals surface area contributed by atoms with Gasteiger partial charge in [0.25, 0.3) is 5.91 Å². The maximum absolute atomic E-state index is 13.4. The van der Waals surface area contributed by atoms with Crippen molar-refractivity contribution in [3.05, 3.63) is 53.5 Å². The number of aromatic nitrogens is 2. The Balaban J connectivity index is 1.17. The molecule has 3 aliphatic heterocycles. The van der Waals surface area contributed by atoms with Crippen LogP contribution in [-0.4, -0.2) is 85.5 Å². The maximum Gasteiger partial charge on any atom is 0.272 e. The second-order valence-electron chi connectivity index (χ2n) is 10.3. The lowest BCUT2D eigenvalue weighted by Crippen LogP contribution is -2.54. The predicted molar refractivity (Wildman–Crippen MR) is 139 cm³/mol. The Morgan fingerprint density at radius 2 is 1.78 bits per heavy atom. The smallest absolute Gasteiger partial charge is 0.272 e. The van der Waals surface area contributed by atoms with Gasteiger partial charge in [0.2, 0.25) is 0 Å². The number of anilines is 1. The Bertz CT molecular complexity index is 1000. The van der Waals surface area contributed by atoms with Crippen LogP contribution in [0.4, 0.5) is 5.82 Å². The Morgan fingerprint density at radius 3 is 2.50 bits per heavy atom. The second kappa shape index (κ2) is 11.7. The zero-order valence-corrected chi connectivity index (χ0v) is 21.6. The molecule has 1 N–H and O–H groups in total. The van der Waals surface area contributed by atoms with Gasteiger partial charge in [0.15, 0.2) is 0 Å². The van der Waals surface area contributed by atoms with Gasteiger partial charge in [-0.1, -0.05) is 30.3 Å². The molecular weight excluding hydrogens is 454 g/mol. The van der Waals surface area contributed by atoms with E-state index in [2.05, 4.69) is 50.5 Å². The number of hydrogen-bond donors (Lipinski definition) is 1. The van der Waals surface area contributed by atoms with Crippen LogP contribution in [0.3, 0.4) is 0 Å². The minimum atomic E-state index is 0.0228. The largest absolute Gasteiger partial charge is 0.379 e. The summed E-state index contributed by atoms with van der Waals surface area (Å²) in [6, 6.07) is 11.5. The zero-order valence-electron chi connectivity index (χ0n) is 21.6. The molecule has 0 bridgehead atoms.